The molecule has 2 aromatic carbocycles. The summed E-state index contributed by atoms with van der Waals surface area (Å²) >= 11 is 0. The Kier molecular flexibility index (Phi) is 7.77. The van der Waals surface area contributed by atoms with Gasteiger partial charge in [0.25, 0.3) is 11.8 Å². The second kappa shape index (κ2) is 11.2. The van der Waals surface area contributed by atoms with Crippen molar-refractivity contribution in [1.29, 1.82) is 0 Å². The Morgan fingerprint density at radius 2 is 1.55 bits per heavy atom. The van der Waals surface area contributed by atoms with Crippen molar-refractivity contribution in [2.75, 3.05) is 6.54 Å². The van der Waals surface area contributed by atoms with Crippen LogP contribution in [-0.4, -0.2) is 24.3 Å². The topological polar surface area (TPSA) is 100 Å². The van der Waals surface area contributed by atoms with Crippen LogP contribution in [0, 0.1) is 0 Å². The summed E-state index contributed by atoms with van der Waals surface area (Å²) in [4.78, 5) is 37.1. The van der Waals surface area contributed by atoms with Gasteiger partial charge in [-0.25, -0.2) is 0 Å². The molecule has 0 aliphatic carbocycles. The fourth-order valence-electron chi connectivity index (χ4n) is 2.73. The first-order chi connectivity index (χ1) is 15.1. The molecule has 0 aliphatic rings. The van der Waals surface area contributed by atoms with Gasteiger partial charge in [0.15, 0.2) is 0 Å². The third-order valence-electron chi connectivity index (χ3n) is 4.33. The molecule has 3 aromatic rings. The Bertz CT molecular complexity index is 1030. The molecule has 0 fully saturated rings. The van der Waals surface area contributed by atoms with Crippen LogP contribution in [0.5, 0.6) is 0 Å². The summed E-state index contributed by atoms with van der Waals surface area (Å²) in [5.41, 5.74) is 1.43. The highest BCUT2D eigenvalue weighted by molar-refractivity contribution is 6.05. The molecule has 1 aromatic heterocycles. The number of hydrogen-bond donors (Lipinski definition) is 3. The third-order valence-corrected chi connectivity index (χ3v) is 4.33. The monoisotopic (exact) mass is 417 g/mol. The van der Waals surface area contributed by atoms with Crippen molar-refractivity contribution in [1.82, 2.24) is 16.0 Å². The van der Waals surface area contributed by atoms with Gasteiger partial charge in [0.1, 0.15) is 11.5 Å². The van der Waals surface area contributed by atoms with Crippen molar-refractivity contribution in [3.8, 4) is 0 Å². The number of carbonyl (C=O) groups is 3. The van der Waals surface area contributed by atoms with Crippen LogP contribution in [0.4, 0.5) is 0 Å². The average molecular weight is 417 g/mol. The normalized spacial score (nSPS) is 10.9. The quantitative estimate of drug-likeness (QED) is 0.466. The van der Waals surface area contributed by atoms with Crippen molar-refractivity contribution in [2.45, 2.75) is 13.0 Å². The maximum atomic E-state index is 12.6. The van der Waals surface area contributed by atoms with Crippen LogP contribution in [0.1, 0.15) is 28.1 Å². The molecule has 158 valence electrons. The van der Waals surface area contributed by atoms with Crippen molar-refractivity contribution in [3.63, 3.8) is 0 Å². The van der Waals surface area contributed by atoms with E-state index in [1.807, 2.05) is 30.3 Å². The first-order valence-corrected chi connectivity index (χ1v) is 9.82. The lowest BCUT2D eigenvalue weighted by atomic mass is 10.2. The van der Waals surface area contributed by atoms with Crippen molar-refractivity contribution < 1.29 is 18.8 Å². The maximum absolute atomic E-state index is 12.6. The standard InChI is InChI=1S/C24H23N3O4/c28-22(26-17-18-8-3-1-4-9-18)13-14-25-24(30)21(16-20-12-7-15-31-20)27-23(29)19-10-5-2-6-11-19/h1-12,15-16H,13-14,17H2,(H,25,30)(H,26,28)(H,27,29). The van der Waals surface area contributed by atoms with Gasteiger partial charge in [-0.3, -0.25) is 14.4 Å². The van der Waals surface area contributed by atoms with Gasteiger partial charge in [0, 0.05) is 31.1 Å². The van der Waals surface area contributed by atoms with Crippen LogP contribution < -0.4 is 16.0 Å². The second-order valence-electron chi connectivity index (χ2n) is 6.66. The summed E-state index contributed by atoms with van der Waals surface area (Å²) in [6.45, 7) is 0.542. The van der Waals surface area contributed by atoms with E-state index in [-0.39, 0.29) is 24.6 Å². The zero-order valence-electron chi connectivity index (χ0n) is 16.8. The van der Waals surface area contributed by atoms with Gasteiger partial charge in [0.2, 0.25) is 5.91 Å². The van der Waals surface area contributed by atoms with E-state index in [2.05, 4.69) is 16.0 Å². The van der Waals surface area contributed by atoms with E-state index in [4.69, 9.17) is 4.42 Å². The Morgan fingerprint density at radius 1 is 0.839 bits per heavy atom. The summed E-state index contributed by atoms with van der Waals surface area (Å²) in [7, 11) is 0. The molecular weight excluding hydrogens is 394 g/mol. The average Bonchev–Trinajstić information content (AvgIpc) is 3.31. The highest BCUT2D eigenvalue weighted by Gasteiger charge is 2.15. The Balaban J connectivity index is 1.54. The fourth-order valence-corrected chi connectivity index (χ4v) is 2.73. The van der Waals surface area contributed by atoms with E-state index < -0.39 is 11.8 Å². The molecule has 0 atom stereocenters. The number of hydrogen-bond acceptors (Lipinski definition) is 4. The minimum Gasteiger partial charge on any atom is -0.465 e. The molecule has 3 N–H and O–H groups in total. The minimum atomic E-state index is -0.517. The molecule has 31 heavy (non-hydrogen) atoms. The third kappa shape index (κ3) is 7.01. The van der Waals surface area contributed by atoms with Crippen LogP contribution >= 0.6 is 0 Å². The van der Waals surface area contributed by atoms with Crippen LogP contribution in [-0.2, 0) is 16.1 Å². The zero-order valence-corrected chi connectivity index (χ0v) is 16.8. The number of benzene rings is 2. The molecule has 0 radical (unpaired) electrons. The second-order valence-corrected chi connectivity index (χ2v) is 6.66. The molecule has 3 amide bonds. The van der Waals surface area contributed by atoms with E-state index in [1.165, 1.54) is 12.3 Å². The smallest absolute Gasteiger partial charge is 0.267 e. The lowest BCUT2D eigenvalue weighted by molar-refractivity contribution is -0.121. The lowest BCUT2D eigenvalue weighted by Crippen LogP contribution is -2.36. The lowest BCUT2D eigenvalue weighted by Gasteiger charge is -2.11. The van der Waals surface area contributed by atoms with Gasteiger partial charge < -0.3 is 20.4 Å². The molecule has 1 heterocycles. The molecule has 0 bridgehead atoms. The Morgan fingerprint density at radius 3 is 2.23 bits per heavy atom. The molecule has 7 heteroatoms. The van der Waals surface area contributed by atoms with Gasteiger partial charge in [-0.15, -0.1) is 0 Å². The molecule has 0 saturated carbocycles. The van der Waals surface area contributed by atoms with E-state index in [1.54, 1.807) is 42.5 Å². The number of rotatable bonds is 9. The van der Waals surface area contributed by atoms with Crippen molar-refractivity contribution in [3.05, 3.63) is 102 Å². The van der Waals surface area contributed by atoms with Crippen molar-refractivity contribution >= 4 is 23.8 Å². The van der Waals surface area contributed by atoms with Gasteiger partial charge in [-0.1, -0.05) is 48.5 Å². The van der Waals surface area contributed by atoms with Gasteiger partial charge >= 0.3 is 0 Å². The van der Waals surface area contributed by atoms with E-state index in [0.717, 1.165) is 5.56 Å². The van der Waals surface area contributed by atoms with E-state index in [0.29, 0.717) is 17.9 Å². The molecule has 0 saturated heterocycles. The number of carbonyl (C=O) groups excluding carboxylic acids is 3. The van der Waals surface area contributed by atoms with Crippen LogP contribution in [0.3, 0.4) is 0 Å². The summed E-state index contributed by atoms with van der Waals surface area (Å²) < 4.78 is 5.25. The van der Waals surface area contributed by atoms with Gasteiger partial charge in [-0.2, -0.15) is 0 Å². The van der Waals surface area contributed by atoms with E-state index >= 15 is 0 Å². The molecule has 0 aliphatic heterocycles. The van der Waals surface area contributed by atoms with Crippen LogP contribution in [0.2, 0.25) is 0 Å². The molecule has 0 spiro atoms. The fraction of sp³-hybridized carbons (Fsp3) is 0.125. The predicted molar refractivity (Wildman–Crippen MR) is 117 cm³/mol. The van der Waals surface area contributed by atoms with Gasteiger partial charge in [0.05, 0.1) is 6.26 Å². The van der Waals surface area contributed by atoms with Crippen molar-refractivity contribution in [2.24, 2.45) is 0 Å². The molecular formula is C24H23N3O4. The summed E-state index contributed by atoms with van der Waals surface area (Å²) in [5, 5.41) is 8.06. The zero-order chi connectivity index (χ0) is 21.9. The first-order valence-electron chi connectivity index (χ1n) is 9.82. The number of amides is 3. The molecule has 3 rings (SSSR count). The van der Waals surface area contributed by atoms with Crippen LogP contribution in [0.15, 0.2) is 89.2 Å². The highest BCUT2D eigenvalue weighted by Crippen LogP contribution is 2.08. The molecule has 0 unspecified atom stereocenters. The number of furan rings is 1. The van der Waals surface area contributed by atoms with Crippen LogP contribution in [0.25, 0.3) is 6.08 Å². The molecule has 7 nitrogen and oxygen atoms in total. The maximum Gasteiger partial charge on any atom is 0.267 e. The first kappa shape index (κ1) is 21.6. The van der Waals surface area contributed by atoms with Gasteiger partial charge in [-0.05, 0) is 29.8 Å². The predicted octanol–water partition coefficient (Wildman–Crippen LogP) is 2.87. The Hall–Kier alpha value is -4.13. The summed E-state index contributed by atoms with van der Waals surface area (Å²) in [5.74, 6) is -0.709. The summed E-state index contributed by atoms with van der Waals surface area (Å²) in [6.07, 6.45) is 3.02. The van der Waals surface area contributed by atoms with E-state index in [9.17, 15) is 14.4 Å². The highest BCUT2D eigenvalue weighted by atomic mass is 16.3. The number of nitrogens with one attached hydrogen (secondary N) is 3. The largest absolute Gasteiger partial charge is 0.465 e. The SMILES string of the molecule is O=C(CCNC(=O)C(=Cc1ccco1)NC(=O)c1ccccc1)NCc1ccccc1. The minimum absolute atomic E-state index is 0.0218. The Labute approximate surface area is 180 Å². The summed E-state index contributed by atoms with van der Waals surface area (Å²) in [6, 6.07) is 21.5.